The van der Waals surface area contributed by atoms with E-state index in [1.807, 2.05) is 12.1 Å². The quantitative estimate of drug-likeness (QED) is 0.618. The molecule has 0 saturated carbocycles. The summed E-state index contributed by atoms with van der Waals surface area (Å²) in [4.78, 5) is 28.2. The second-order valence-corrected chi connectivity index (χ2v) is 5.54. The van der Waals surface area contributed by atoms with E-state index in [0.717, 1.165) is 3.57 Å². The molecule has 0 aliphatic heterocycles. The normalized spacial score (nSPS) is 10.5. The van der Waals surface area contributed by atoms with Crippen molar-refractivity contribution in [3.05, 3.63) is 61.3 Å². The zero-order valence-corrected chi connectivity index (χ0v) is 12.8. The maximum absolute atomic E-state index is 12.1. The van der Waals surface area contributed by atoms with Crippen molar-refractivity contribution in [1.29, 1.82) is 0 Å². The van der Waals surface area contributed by atoms with Gasteiger partial charge in [0.2, 0.25) is 0 Å². The molecule has 2 rings (SSSR count). The van der Waals surface area contributed by atoms with E-state index < -0.39 is 0 Å². The molecule has 0 amide bonds. The van der Waals surface area contributed by atoms with E-state index in [4.69, 9.17) is 0 Å². The SMILES string of the molecule is Cc1cc(=O)n(CC(=O)c2ccc(I)cc2)c(C)n1. The Morgan fingerprint density at radius 1 is 1.26 bits per heavy atom. The molecule has 98 valence electrons. The molecule has 0 bridgehead atoms. The van der Waals surface area contributed by atoms with Gasteiger partial charge in [0.25, 0.3) is 5.56 Å². The summed E-state index contributed by atoms with van der Waals surface area (Å²) in [6, 6.07) is 8.72. The molecule has 0 fully saturated rings. The molecule has 0 aliphatic rings. The number of ketones is 1. The summed E-state index contributed by atoms with van der Waals surface area (Å²) >= 11 is 2.18. The Morgan fingerprint density at radius 3 is 2.47 bits per heavy atom. The van der Waals surface area contributed by atoms with Gasteiger partial charge in [-0.2, -0.15) is 0 Å². The van der Waals surface area contributed by atoms with Crippen molar-refractivity contribution in [2.75, 3.05) is 0 Å². The topological polar surface area (TPSA) is 52.0 Å². The molecule has 0 saturated heterocycles. The first-order valence-electron chi connectivity index (χ1n) is 5.81. The van der Waals surface area contributed by atoms with E-state index in [9.17, 15) is 9.59 Å². The van der Waals surface area contributed by atoms with E-state index >= 15 is 0 Å². The highest BCUT2D eigenvalue weighted by molar-refractivity contribution is 14.1. The number of benzene rings is 1. The van der Waals surface area contributed by atoms with Crippen LogP contribution in [0.2, 0.25) is 0 Å². The van der Waals surface area contributed by atoms with Crippen molar-refractivity contribution in [2.24, 2.45) is 0 Å². The highest BCUT2D eigenvalue weighted by atomic mass is 127. The molecule has 5 heteroatoms. The van der Waals surface area contributed by atoms with Gasteiger partial charge < -0.3 is 0 Å². The van der Waals surface area contributed by atoms with E-state index in [1.54, 1.807) is 26.0 Å². The number of halogens is 1. The lowest BCUT2D eigenvalue weighted by Gasteiger charge is -2.08. The number of carbonyl (C=O) groups is 1. The van der Waals surface area contributed by atoms with Gasteiger partial charge in [-0.15, -0.1) is 0 Å². The molecule has 0 radical (unpaired) electrons. The average molecular weight is 368 g/mol. The van der Waals surface area contributed by atoms with Crippen LogP contribution in [0.1, 0.15) is 21.9 Å². The minimum Gasteiger partial charge on any atom is -0.292 e. The summed E-state index contributed by atoms with van der Waals surface area (Å²) in [6.45, 7) is 3.52. The highest BCUT2D eigenvalue weighted by Gasteiger charge is 2.10. The molecule has 0 unspecified atom stereocenters. The summed E-state index contributed by atoms with van der Waals surface area (Å²) < 4.78 is 2.47. The van der Waals surface area contributed by atoms with Crippen LogP contribution in [0.4, 0.5) is 0 Å². The fraction of sp³-hybridized carbons (Fsp3) is 0.214. The third kappa shape index (κ3) is 3.28. The third-order valence-corrected chi connectivity index (χ3v) is 3.51. The van der Waals surface area contributed by atoms with Gasteiger partial charge in [-0.3, -0.25) is 14.2 Å². The van der Waals surface area contributed by atoms with Crippen LogP contribution in [0.3, 0.4) is 0 Å². The van der Waals surface area contributed by atoms with Crippen molar-refractivity contribution in [3.63, 3.8) is 0 Å². The van der Waals surface area contributed by atoms with Crippen molar-refractivity contribution in [2.45, 2.75) is 20.4 Å². The molecular formula is C14H13IN2O2. The number of hydrogen-bond donors (Lipinski definition) is 0. The van der Waals surface area contributed by atoms with Crippen LogP contribution in [0.5, 0.6) is 0 Å². The van der Waals surface area contributed by atoms with Crippen molar-refractivity contribution in [1.82, 2.24) is 9.55 Å². The Morgan fingerprint density at radius 2 is 1.89 bits per heavy atom. The van der Waals surface area contributed by atoms with E-state index in [1.165, 1.54) is 10.6 Å². The van der Waals surface area contributed by atoms with Gasteiger partial charge in [0.05, 0.1) is 6.54 Å². The Kier molecular flexibility index (Phi) is 4.14. The second kappa shape index (κ2) is 5.64. The molecule has 1 aromatic carbocycles. The summed E-state index contributed by atoms with van der Waals surface area (Å²) in [6.07, 6.45) is 0. The number of aryl methyl sites for hydroxylation is 2. The standard InChI is InChI=1S/C14H13IN2O2/c1-9-7-14(19)17(10(2)16-9)8-13(18)11-3-5-12(15)6-4-11/h3-7H,8H2,1-2H3. The predicted octanol–water partition coefficient (Wildman–Crippen LogP) is 2.35. The van der Waals surface area contributed by atoms with Crippen LogP contribution in [0, 0.1) is 17.4 Å². The number of Topliss-reactive ketones (excluding diaryl/α,β-unsaturated/α-hetero) is 1. The van der Waals surface area contributed by atoms with Crippen molar-refractivity contribution < 1.29 is 4.79 Å². The zero-order chi connectivity index (χ0) is 14.0. The Balaban J connectivity index is 2.29. The van der Waals surface area contributed by atoms with Crippen LogP contribution in [-0.2, 0) is 6.54 Å². The molecule has 19 heavy (non-hydrogen) atoms. The first-order valence-corrected chi connectivity index (χ1v) is 6.89. The fourth-order valence-electron chi connectivity index (χ4n) is 1.83. The molecule has 1 heterocycles. The fourth-order valence-corrected chi connectivity index (χ4v) is 2.19. The van der Waals surface area contributed by atoms with Gasteiger partial charge >= 0.3 is 0 Å². The van der Waals surface area contributed by atoms with Gasteiger partial charge in [-0.05, 0) is 48.6 Å². The van der Waals surface area contributed by atoms with Crippen LogP contribution in [-0.4, -0.2) is 15.3 Å². The lowest BCUT2D eigenvalue weighted by molar-refractivity contribution is 0.0969. The maximum atomic E-state index is 12.1. The summed E-state index contributed by atoms with van der Waals surface area (Å²) in [5.41, 5.74) is 1.08. The molecule has 0 N–H and O–H groups in total. The van der Waals surface area contributed by atoms with E-state index in [-0.39, 0.29) is 17.9 Å². The Hall–Kier alpha value is -1.50. The Labute approximate surface area is 124 Å². The van der Waals surface area contributed by atoms with Gasteiger partial charge in [-0.1, -0.05) is 12.1 Å². The molecule has 0 spiro atoms. The van der Waals surface area contributed by atoms with Crippen LogP contribution in [0.25, 0.3) is 0 Å². The zero-order valence-electron chi connectivity index (χ0n) is 10.7. The minimum absolute atomic E-state index is 0.0263. The summed E-state index contributed by atoms with van der Waals surface area (Å²) in [7, 11) is 0. The Bertz CT molecular complexity index is 675. The maximum Gasteiger partial charge on any atom is 0.254 e. The molecule has 1 aromatic heterocycles. The van der Waals surface area contributed by atoms with E-state index in [2.05, 4.69) is 27.6 Å². The van der Waals surface area contributed by atoms with Crippen molar-refractivity contribution in [3.8, 4) is 0 Å². The smallest absolute Gasteiger partial charge is 0.254 e. The van der Waals surface area contributed by atoms with Crippen LogP contribution < -0.4 is 5.56 Å². The molecule has 0 aliphatic carbocycles. The van der Waals surface area contributed by atoms with Gasteiger partial charge in [0, 0.05) is 20.9 Å². The number of carbonyl (C=O) groups excluding carboxylic acids is 1. The number of rotatable bonds is 3. The molecular weight excluding hydrogens is 355 g/mol. The average Bonchev–Trinajstić information content (AvgIpc) is 2.34. The van der Waals surface area contributed by atoms with Gasteiger partial charge in [-0.25, -0.2) is 4.98 Å². The van der Waals surface area contributed by atoms with E-state index in [0.29, 0.717) is 17.1 Å². The molecule has 2 aromatic rings. The predicted molar refractivity (Wildman–Crippen MR) is 81.5 cm³/mol. The summed E-state index contributed by atoms with van der Waals surface area (Å²) in [5.74, 6) is 0.469. The minimum atomic E-state index is -0.191. The van der Waals surface area contributed by atoms with Crippen molar-refractivity contribution >= 4 is 28.4 Å². The largest absolute Gasteiger partial charge is 0.292 e. The number of nitrogens with zero attached hydrogens (tertiary/aromatic N) is 2. The van der Waals surface area contributed by atoms with Crippen LogP contribution in [0.15, 0.2) is 35.1 Å². The number of hydrogen-bond acceptors (Lipinski definition) is 3. The van der Waals surface area contributed by atoms with Gasteiger partial charge in [0.1, 0.15) is 5.82 Å². The second-order valence-electron chi connectivity index (χ2n) is 4.30. The monoisotopic (exact) mass is 368 g/mol. The summed E-state index contributed by atoms with van der Waals surface area (Å²) in [5, 5.41) is 0. The first-order chi connectivity index (χ1) is 8.97. The lowest BCUT2D eigenvalue weighted by Crippen LogP contribution is -2.27. The lowest BCUT2D eigenvalue weighted by atomic mass is 10.1. The van der Waals surface area contributed by atoms with Gasteiger partial charge in [0.15, 0.2) is 5.78 Å². The molecule has 0 atom stereocenters. The highest BCUT2D eigenvalue weighted by Crippen LogP contribution is 2.08. The first kappa shape index (κ1) is 13.9. The van der Waals surface area contributed by atoms with Crippen LogP contribution >= 0.6 is 22.6 Å². The molecule has 4 nitrogen and oxygen atoms in total. The number of aromatic nitrogens is 2. The third-order valence-electron chi connectivity index (χ3n) is 2.80.